The SMILES string of the molecule is CC(C)Oc1ncc(I)cc1CN[C@H]1CCCN[C@H]1c1ccccc1. The molecule has 134 valence electrons. The zero-order chi connectivity index (χ0) is 17.6. The van der Waals surface area contributed by atoms with E-state index in [1.165, 1.54) is 18.4 Å². The fourth-order valence-electron chi connectivity index (χ4n) is 3.28. The lowest BCUT2D eigenvalue weighted by atomic mass is 9.92. The normalized spacial score (nSPS) is 20.6. The monoisotopic (exact) mass is 451 g/mol. The maximum absolute atomic E-state index is 5.88. The number of aromatic nitrogens is 1. The maximum atomic E-state index is 5.88. The highest BCUT2D eigenvalue weighted by Crippen LogP contribution is 2.25. The van der Waals surface area contributed by atoms with Gasteiger partial charge in [-0.25, -0.2) is 4.98 Å². The Kier molecular flexibility index (Phi) is 6.67. The molecule has 1 saturated heterocycles. The smallest absolute Gasteiger partial charge is 0.218 e. The summed E-state index contributed by atoms with van der Waals surface area (Å²) in [6, 6.07) is 13.6. The first-order valence-corrected chi connectivity index (χ1v) is 10.0. The van der Waals surface area contributed by atoms with Crippen LogP contribution in [-0.2, 0) is 6.54 Å². The van der Waals surface area contributed by atoms with Gasteiger partial charge in [0.1, 0.15) is 0 Å². The number of piperidine rings is 1. The number of pyridine rings is 1. The minimum absolute atomic E-state index is 0.125. The first-order valence-electron chi connectivity index (χ1n) is 8.96. The number of halogens is 1. The molecule has 2 heterocycles. The molecule has 2 N–H and O–H groups in total. The highest BCUT2D eigenvalue weighted by molar-refractivity contribution is 14.1. The van der Waals surface area contributed by atoms with Crippen LogP contribution in [0.1, 0.15) is 43.9 Å². The molecule has 5 heteroatoms. The summed E-state index contributed by atoms with van der Waals surface area (Å²) in [4.78, 5) is 4.47. The Morgan fingerprint density at radius 1 is 1.32 bits per heavy atom. The van der Waals surface area contributed by atoms with Crippen LogP contribution in [0.25, 0.3) is 0 Å². The second-order valence-electron chi connectivity index (χ2n) is 6.76. The number of benzene rings is 1. The van der Waals surface area contributed by atoms with Crippen LogP contribution >= 0.6 is 22.6 Å². The Morgan fingerprint density at radius 3 is 2.88 bits per heavy atom. The van der Waals surface area contributed by atoms with Crippen LogP contribution in [0.3, 0.4) is 0 Å². The summed E-state index contributed by atoms with van der Waals surface area (Å²) in [5.74, 6) is 0.739. The molecule has 3 rings (SSSR count). The summed E-state index contributed by atoms with van der Waals surface area (Å²) < 4.78 is 7.01. The Balaban J connectivity index is 1.72. The molecule has 1 aromatic carbocycles. The molecule has 4 nitrogen and oxygen atoms in total. The lowest BCUT2D eigenvalue weighted by Crippen LogP contribution is -2.45. The largest absolute Gasteiger partial charge is 0.475 e. The molecule has 25 heavy (non-hydrogen) atoms. The van der Waals surface area contributed by atoms with Gasteiger partial charge in [0.25, 0.3) is 0 Å². The predicted octanol–water partition coefficient (Wildman–Crippen LogP) is 4.06. The van der Waals surface area contributed by atoms with E-state index in [1.807, 2.05) is 20.0 Å². The van der Waals surface area contributed by atoms with E-state index < -0.39 is 0 Å². The number of rotatable bonds is 6. The van der Waals surface area contributed by atoms with Crippen molar-refractivity contribution in [2.24, 2.45) is 0 Å². The Morgan fingerprint density at radius 2 is 2.12 bits per heavy atom. The van der Waals surface area contributed by atoms with Gasteiger partial charge in [0.2, 0.25) is 5.88 Å². The van der Waals surface area contributed by atoms with Crippen molar-refractivity contribution in [1.82, 2.24) is 15.6 Å². The number of hydrogen-bond donors (Lipinski definition) is 2. The van der Waals surface area contributed by atoms with Gasteiger partial charge in [0.05, 0.1) is 6.10 Å². The first-order chi connectivity index (χ1) is 12.1. The van der Waals surface area contributed by atoms with E-state index in [0.29, 0.717) is 12.1 Å². The van der Waals surface area contributed by atoms with Gasteiger partial charge in [0, 0.05) is 34.0 Å². The van der Waals surface area contributed by atoms with Crippen molar-refractivity contribution in [3.05, 3.63) is 57.3 Å². The Hall–Kier alpha value is -1.18. The molecule has 0 spiro atoms. The average molecular weight is 451 g/mol. The standard InChI is InChI=1S/C20H26IN3O/c1-14(2)25-20-16(11-17(21)13-24-20)12-23-18-9-6-10-22-19(18)15-7-4-3-5-8-15/h3-5,7-8,11,13-14,18-19,22-23H,6,9-10,12H2,1-2H3/t18-,19-/m0/s1. The molecule has 1 aliphatic rings. The summed E-state index contributed by atoms with van der Waals surface area (Å²) in [6.07, 6.45) is 4.35. The van der Waals surface area contributed by atoms with E-state index in [1.54, 1.807) is 0 Å². The minimum atomic E-state index is 0.125. The lowest BCUT2D eigenvalue weighted by molar-refractivity contribution is 0.228. The molecular weight excluding hydrogens is 425 g/mol. The summed E-state index contributed by atoms with van der Waals surface area (Å²) in [7, 11) is 0. The van der Waals surface area contributed by atoms with Crippen LogP contribution in [0, 0.1) is 3.57 Å². The number of nitrogens with zero attached hydrogens (tertiary/aromatic N) is 1. The zero-order valence-electron chi connectivity index (χ0n) is 14.8. The second-order valence-corrected chi connectivity index (χ2v) is 8.00. The topological polar surface area (TPSA) is 46.2 Å². The molecule has 2 aromatic rings. The maximum Gasteiger partial charge on any atom is 0.218 e. The van der Waals surface area contributed by atoms with E-state index >= 15 is 0 Å². The molecule has 0 unspecified atom stereocenters. The van der Waals surface area contributed by atoms with Crippen molar-refractivity contribution in [2.45, 2.75) is 51.4 Å². The Labute approximate surface area is 163 Å². The van der Waals surface area contributed by atoms with Crippen molar-refractivity contribution in [1.29, 1.82) is 0 Å². The summed E-state index contributed by atoms with van der Waals surface area (Å²) in [6.45, 7) is 5.91. The van der Waals surface area contributed by atoms with Crippen LogP contribution in [-0.4, -0.2) is 23.7 Å². The fraction of sp³-hybridized carbons (Fsp3) is 0.450. The summed E-state index contributed by atoms with van der Waals surface area (Å²) in [5, 5.41) is 7.41. The highest BCUT2D eigenvalue weighted by Gasteiger charge is 2.25. The lowest BCUT2D eigenvalue weighted by Gasteiger charge is -2.34. The molecule has 1 fully saturated rings. The third kappa shape index (κ3) is 5.15. The summed E-state index contributed by atoms with van der Waals surface area (Å²) in [5.41, 5.74) is 2.47. The van der Waals surface area contributed by atoms with Gasteiger partial charge in [-0.3, -0.25) is 0 Å². The van der Waals surface area contributed by atoms with Crippen molar-refractivity contribution in [3.8, 4) is 5.88 Å². The van der Waals surface area contributed by atoms with Gasteiger partial charge in [-0.15, -0.1) is 0 Å². The molecule has 0 amide bonds. The van der Waals surface area contributed by atoms with Gasteiger partial charge in [-0.1, -0.05) is 30.3 Å². The molecule has 0 aliphatic carbocycles. The van der Waals surface area contributed by atoms with Crippen molar-refractivity contribution >= 4 is 22.6 Å². The molecule has 0 saturated carbocycles. The van der Waals surface area contributed by atoms with E-state index in [4.69, 9.17) is 4.74 Å². The fourth-order valence-corrected chi connectivity index (χ4v) is 3.80. The number of nitrogens with one attached hydrogen (secondary N) is 2. The zero-order valence-corrected chi connectivity index (χ0v) is 17.0. The molecule has 1 aliphatic heterocycles. The van der Waals surface area contributed by atoms with Gasteiger partial charge in [-0.2, -0.15) is 0 Å². The highest BCUT2D eigenvalue weighted by atomic mass is 127. The average Bonchev–Trinajstić information content (AvgIpc) is 2.62. The quantitative estimate of drug-likeness (QED) is 0.651. The van der Waals surface area contributed by atoms with Crippen LogP contribution in [0.2, 0.25) is 0 Å². The van der Waals surface area contributed by atoms with Gasteiger partial charge in [0.15, 0.2) is 0 Å². The van der Waals surface area contributed by atoms with E-state index in [9.17, 15) is 0 Å². The molecule has 0 radical (unpaired) electrons. The first kappa shape index (κ1) is 18.6. The molecule has 0 bridgehead atoms. The van der Waals surface area contributed by atoms with Crippen molar-refractivity contribution in [2.75, 3.05) is 6.54 Å². The third-order valence-electron chi connectivity index (χ3n) is 4.41. The van der Waals surface area contributed by atoms with Gasteiger partial charge in [-0.05, 0) is 67.5 Å². The van der Waals surface area contributed by atoms with Crippen molar-refractivity contribution in [3.63, 3.8) is 0 Å². The third-order valence-corrected chi connectivity index (χ3v) is 5.00. The second kappa shape index (κ2) is 8.96. The van der Waals surface area contributed by atoms with Gasteiger partial charge >= 0.3 is 0 Å². The van der Waals surface area contributed by atoms with E-state index in [2.05, 4.69) is 74.6 Å². The Bertz CT molecular complexity index is 678. The predicted molar refractivity (Wildman–Crippen MR) is 110 cm³/mol. The molecule has 1 aromatic heterocycles. The van der Waals surface area contributed by atoms with Crippen LogP contribution in [0.5, 0.6) is 5.88 Å². The molecular formula is C20H26IN3O. The van der Waals surface area contributed by atoms with Crippen LogP contribution < -0.4 is 15.4 Å². The van der Waals surface area contributed by atoms with Gasteiger partial charge < -0.3 is 15.4 Å². The van der Waals surface area contributed by atoms with E-state index in [-0.39, 0.29) is 6.10 Å². The number of ether oxygens (including phenoxy) is 1. The van der Waals surface area contributed by atoms with Crippen molar-refractivity contribution < 1.29 is 4.74 Å². The number of hydrogen-bond acceptors (Lipinski definition) is 4. The minimum Gasteiger partial charge on any atom is -0.475 e. The summed E-state index contributed by atoms with van der Waals surface area (Å²) >= 11 is 2.31. The van der Waals surface area contributed by atoms with E-state index in [0.717, 1.165) is 28.1 Å². The van der Waals surface area contributed by atoms with Crippen LogP contribution in [0.4, 0.5) is 0 Å². The van der Waals surface area contributed by atoms with Crippen LogP contribution in [0.15, 0.2) is 42.6 Å². The molecule has 2 atom stereocenters.